The van der Waals surface area contributed by atoms with Crippen LogP contribution in [-0.2, 0) is 0 Å². The molecule has 8 nitrogen and oxygen atoms in total. The summed E-state index contributed by atoms with van der Waals surface area (Å²) in [7, 11) is 0. The number of amides is 4. The highest BCUT2D eigenvalue weighted by Gasteiger charge is 2.37. The molecule has 0 saturated heterocycles. The van der Waals surface area contributed by atoms with Crippen molar-refractivity contribution < 1.29 is 32.7 Å². The fourth-order valence-corrected chi connectivity index (χ4v) is 3.50. The molecule has 1 aliphatic heterocycles. The van der Waals surface area contributed by atoms with Crippen LogP contribution in [0.5, 0.6) is 5.75 Å². The summed E-state index contributed by atoms with van der Waals surface area (Å²) in [6.45, 7) is 2.29. The number of anilines is 2. The number of hydrogen-bond donors (Lipinski definition) is 2. The second kappa shape index (κ2) is 8.74. The summed E-state index contributed by atoms with van der Waals surface area (Å²) in [5.74, 6) is -4.89. The van der Waals surface area contributed by atoms with E-state index in [4.69, 9.17) is 10.5 Å². The summed E-state index contributed by atoms with van der Waals surface area (Å²) in [5.41, 5.74) is 4.34. The summed E-state index contributed by atoms with van der Waals surface area (Å²) >= 11 is 0. The molecule has 0 saturated carbocycles. The van der Waals surface area contributed by atoms with Gasteiger partial charge in [0.25, 0.3) is 23.6 Å². The zero-order valence-electron chi connectivity index (χ0n) is 17.7. The minimum atomic E-state index is -1.17. The number of primary amides is 1. The van der Waals surface area contributed by atoms with Gasteiger partial charge >= 0.3 is 0 Å². The van der Waals surface area contributed by atoms with Crippen molar-refractivity contribution in [1.29, 1.82) is 0 Å². The Labute approximate surface area is 191 Å². The van der Waals surface area contributed by atoms with E-state index in [0.717, 1.165) is 11.0 Å². The van der Waals surface area contributed by atoms with Crippen LogP contribution in [0.2, 0.25) is 0 Å². The molecule has 1 heterocycles. The molecule has 4 rings (SSSR count). The lowest BCUT2D eigenvalue weighted by Gasteiger charge is -2.14. The third-order valence-corrected chi connectivity index (χ3v) is 5.13. The van der Waals surface area contributed by atoms with Crippen LogP contribution in [0, 0.1) is 11.6 Å². The van der Waals surface area contributed by atoms with Crippen molar-refractivity contribution in [2.75, 3.05) is 16.8 Å². The first kappa shape index (κ1) is 22.6. The highest BCUT2D eigenvalue weighted by atomic mass is 19.1. The first-order valence-electron chi connectivity index (χ1n) is 10.1. The SMILES string of the molecule is CCOc1ccc(N2C(=O)c3ccc(C(=O)Nc4cc(C(N)=O)c(F)cc4F)cc3C2=O)cc1. The van der Waals surface area contributed by atoms with Gasteiger partial charge < -0.3 is 15.8 Å². The Morgan fingerprint density at radius 2 is 1.62 bits per heavy atom. The van der Waals surface area contributed by atoms with Gasteiger partial charge in [-0.1, -0.05) is 0 Å². The number of nitrogens with two attached hydrogens (primary N) is 1. The average Bonchev–Trinajstić information content (AvgIpc) is 3.05. The van der Waals surface area contributed by atoms with E-state index in [1.54, 1.807) is 24.3 Å². The van der Waals surface area contributed by atoms with Crippen molar-refractivity contribution in [3.8, 4) is 5.75 Å². The maximum atomic E-state index is 14.1. The third kappa shape index (κ3) is 3.96. The lowest BCUT2D eigenvalue weighted by molar-refractivity contribution is 0.0923. The number of halogens is 2. The van der Waals surface area contributed by atoms with E-state index in [1.165, 1.54) is 18.2 Å². The summed E-state index contributed by atoms with van der Waals surface area (Å²) in [6, 6.07) is 11.4. The number of fused-ring (bicyclic) bond motifs is 1. The van der Waals surface area contributed by atoms with Crippen molar-refractivity contribution in [1.82, 2.24) is 0 Å². The molecule has 3 N–H and O–H groups in total. The minimum Gasteiger partial charge on any atom is -0.494 e. The molecule has 0 spiro atoms. The molecule has 1 aliphatic rings. The van der Waals surface area contributed by atoms with Crippen LogP contribution in [0.25, 0.3) is 0 Å². The second-order valence-electron chi connectivity index (χ2n) is 7.26. The fourth-order valence-electron chi connectivity index (χ4n) is 3.50. The van der Waals surface area contributed by atoms with Gasteiger partial charge in [0, 0.05) is 11.6 Å². The Kier molecular flexibility index (Phi) is 5.80. The van der Waals surface area contributed by atoms with Gasteiger partial charge in [0.2, 0.25) is 0 Å². The number of rotatable bonds is 6. The van der Waals surface area contributed by atoms with Crippen LogP contribution < -0.4 is 20.7 Å². The second-order valence-corrected chi connectivity index (χ2v) is 7.26. The number of imide groups is 1. The average molecular weight is 465 g/mol. The topological polar surface area (TPSA) is 119 Å². The van der Waals surface area contributed by atoms with Crippen LogP contribution >= 0.6 is 0 Å². The molecule has 10 heteroatoms. The number of nitrogens with one attached hydrogen (secondary N) is 1. The normalized spacial score (nSPS) is 12.5. The highest BCUT2D eigenvalue weighted by Crippen LogP contribution is 2.30. The molecule has 0 fully saturated rings. The highest BCUT2D eigenvalue weighted by molar-refractivity contribution is 6.34. The Morgan fingerprint density at radius 3 is 2.26 bits per heavy atom. The summed E-state index contributed by atoms with van der Waals surface area (Å²) in [5, 5.41) is 2.22. The van der Waals surface area contributed by atoms with Crippen molar-refractivity contribution in [2.45, 2.75) is 6.92 Å². The Bertz CT molecular complexity index is 1360. The minimum absolute atomic E-state index is 0.0102. The van der Waals surface area contributed by atoms with Crippen LogP contribution in [0.4, 0.5) is 20.2 Å². The molecule has 172 valence electrons. The first-order chi connectivity index (χ1) is 16.2. The van der Waals surface area contributed by atoms with E-state index >= 15 is 0 Å². The molecule has 4 amide bonds. The lowest BCUT2D eigenvalue weighted by Crippen LogP contribution is -2.29. The van der Waals surface area contributed by atoms with E-state index in [0.29, 0.717) is 24.1 Å². The van der Waals surface area contributed by atoms with E-state index in [1.807, 2.05) is 6.92 Å². The smallest absolute Gasteiger partial charge is 0.266 e. The summed E-state index contributed by atoms with van der Waals surface area (Å²) < 4.78 is 33.1. The molecule has 0 bridgehead atoms. The quantitative estimate of drug-likeness (QED) is 0.540. The standard InChI is InChI=1S/C24H17F2N3O5/c1-2-34-14-6-4-13(5-7-14)29-23(32)15-8-3-12(9-16(15)24(29)33)22(31)28-20-10-17(21(27)30)18(25)11-19(20)26/h3-11H,2H2,1H3,(H2,27,30)(H,28,31). The molecule has 0 aromatic heterocycles. The number of benzene rings is 3. The molecule has 3 aromatic rings. The molecular weight excluding hydrogens is 448 g/mol. The van der Waals surface area contributed by atoms with E-state index in [2.05, 4.69) is 5.32 Å². The molecule has 0 radical (unpaired) electrons. The monoisotopic (exact) mass is 465 g/mol. The Morgan fingerprint density at radius 1 is 0.941 bits per heavy atom. The Hall–Kier alpha value is -4.60. The van der Waals surface area contributed by atoms with Crippen molar-refractivity contribution in [3.05, 3.63) is 88.5 Å². The van der Waals surface area contributed by atoms with Crippen LogP contribution in [-0.4, -0.2) is 30.2 Å². The zero-order valence-corrected chi connectivity index (χ0v) is 17.7. The van der Waals surface area contributed by atoms with Crippen molar-refractivity contribution in [3.63, 3.8) is 0 Å². The predicted octanol–water partition coefficient (Wildman–Crippen LogP) is 3.52. The fraction of sp³-hybridized carbons (Fsp3) is 0.0833. The number of hydrogen-bond acceptors (Lipinski definition) is 5. The van der Waals surface area contributed by atoms with Gasteiger partial charge in [-0.2, -0.15) is 0 Å². The van der Waals surface area contributed by atoms with E-state index in [-0.39, 0.29) is 16.7 Å². The van der Waals surface area contributed by atoms with Crippen LogP contribution in [0.3, 0.4) is 0 Å². The van der Waals surface area contributed by atoms with Crippen LogP contribution in [0.15, 0.2) is 54.6 Å². The maximum absolute atomic E-state index is 14.1. The van der Waals surface area contributed by atoms with E-state index in [9.17, 15) is 28.0 Å². The van der Waals surface area contributed by atoms with Crippen LogP contribution in [0.1, 0.15) is 48.4 Å². The first-order valence-corrected chi connectivity index (χ1v) is 10.1. The van der Waals surface area contributed by atoms with Gasteiger partial charge in [0.15, 0.2) is 0 Å². The number of nitrogens with zero attached hydrogens (tertiary/aromatic N) is 1. The summed E-state index contributed by atoms with van der Waals surface area (Å²) in [4.78, 5) is 50.7. The van der Waals surface area contributed by atoms with Gasteiger partial charge in [-0.3, -0.25) is 19.2 Å². The summed E-state index contributed by atoms with van der Waals surface area (Å²) in [6.07, 6.45) is 0. The molecule has 3 aromatic carbocycles. The molecule has 0 atom stereocenters. The third-order valence-electron chi connectivity index (χ3n) is 5.13. The van der Waals surface area contributed by atoms with Crippen molar-refractivity contribution >= 4 is 35.0 Å². The zero-order chi connectivity index (χ0) is 24.6. The molecular formula is C24H17F2N3O5. The number of carbonyl (C=O) groups is 4. The van der Waals surface area contributed by atoms with Gasteiger partial charge in [0.1, 0.15) is 17.4 Å². The maximum Gasteiger partial charge on any atom is 0.266 e. The predicted molar refractivity (Wildman–Crippen MR) is 118 cm³/mol. The van der Waals surface area contributed by atoms with Gasteiger partial charge in [0.05, 0.1) is 34.7 Å². The molecule has 0 aliphatic carbocycles. The van der Waals surface area contributed by atoms with Gasteiger partial charge in [-0.05, 0) is 55.5 Å². The number of carbonyl (C=O) groups excluding carboxylic acids is 4. The number of ether oxygens (including phenoxy) is 1. The van der Waals surface area contributed by atoms with Gasteiger partial charge in [-0.15, -0.1) is 0 Å². The van der Waals surface area contributed by atoms with Gasteiger partial charge in [-0.25, -0.2) is 13.7 Å². The molecule has 0 unspecified atom stereocenters. The lowest BCUT2D eigenvalue weighted by atomic mass is 10.0. The molecule has 34 heavy (non-hydrogen) atoms. The largest absolute Gasteiger partial charge is 0.494 e. The Balaban J connectivity index is 1.60. The van der Waals surface area contributed by atoms with E-state index < -0.39 is 46.5 Å². The van der Waals surface area contributed by atoms with Crippen molar-refractivity contribution in [2.24, 2.45) is 5.73 Å².